The molecule has 18 heavy (non-hydrogen) atoms. The Bertz CT molecular complexity index is 574. The van der Waals surface area contributed by atoms with E-state index < -0.39 is 0 Å². The fourth-order valence-electron chi connectivity index (χ4n) is 2.52. The van der Waals surface area contributed by atoms with Gasteiger partial charge in [-0.2, -0.15) is 0 Å². The van der Waals surface area contributed by atoms with Gasteiger partial charge in [-0.1, -0.05) is 23.2 Å². The third-order valence-corrected chi connectivity index (χ3v) is 4.05. The van der Waals surface area contributed by atoms with Gasteiger partial charge in [-0.25, -0.2) is 4.98 Å². The Morgan fingerprint density at radius 2 is 1.89 bits per heavy atom. The van der Waals surface area contributed by atoms with Crippen molar-refractivity contribution in [3.05, 3.63) is 28.1 Å². The second-order valence-corrected chi connectivity index (χ2v) is 5.74. The molecule has 0 unspecified atom stereocenters. The standard InChI is InChI=1S/C13H14Cl2N2O/c14-8-5-10(15)12-11(6-8)17-13(18-12)7-1-3-9(16)4-2-7/h5-7,9H,1-4,16H2. The Hall–Kier alpha value is -0.770. The molecule has 1 heterocycles. The molecule has 0 bridgehead atoms. The average molecular weight is 285 g/mol. The van der Waals surface area contributed by atoms with Gasteiger partial charge in [0.25, 0.3) is 0 Å². The maximum atomic E-state index is 6.10. The number of halogens is 2. The molecule has 0 amide bonds. The van der Waals surface area contributed by atoms with E-state index >= 15 is 0 Å². The summed E-state index contributed by atoms with van der Waals surface area (Å²) in [6.07, 6.45) is 4.11. The number of nitrogens with zero attached hydrogens (tertiary/aromatic N) is 1. The smallest absolute Gasteiger partial charge is 0.198 e. The molecule has 1 fully saturated rings. The van der Waals surface area contributed by atoms with E-state index in [1.165, 1.54) is 0 Å². The van der Waals surface area contributed by atoms with E-state index in [-0.39, 0.29) is 0 Å². The molecule has 3 rings (SSSR count). The molecule has 1 aliphatic carbocycles. The molecule has 2 N–H and O–H groups in total. The topological polar surface area (TPSA) is 52.0 Å². The van der Waals surface area contributed by atoms with Gasteiger partial charge in [0.15, 0.2) is 11.5 Å². The lowest BCUT2D eigenvalue weighted by molar-refractivity contribution is 0.346. The van der Waals surface area contributed by atoms with Crippen molar-refractivity contribution < 1.29 is 4.42 Å². The van der Waals surface area contributed by atoms with Crippen LogP contribution in [0.15, 0.2) is 16.5 Å². The van der Waals surface area contributed by atoms with E-state index in [1.807, 2.05) is 0 Å². The third-order valence-electron chi connectivity index (χ3n) is 3.55. The number of hydrogen-bond acceptors (Lipinski definition) is 3. The zero-order valence-corrected chi connectivity index (χ0v) is 11.3. The van der Waals surface area contributed by atoms with Crippen LogP contribution in [-0.4, -0.2) is 11.0 Å². The quantitative estimate of drug-likeness (QED) is 0.857. The van der Waals surface area contributed by atoms with Crippen LogP contribution in [0.25, 0.3) is 11.1 Å². The van der Waals surface area contributed by atoms with Gasteiger partial charge in [-0.15, -0.1) is 0 Å². The number of aromatic nitrogens is 1. The van der Waals surface area contributed by atoms with E-state index in [0.717, 1.165) is 37.1 Å². The van der Waals surface area contributed by atoms with Crippen molar-refractivity contribution in [3.63, 3.8) is 0 Å². The monoisotopic (exact) mass is 284 g/mol. The molecule has 0 atom stereocenters. The highest BCUT2D eigenvalue weighted by molar-refractivity contribution is 6.37. The molecule has 1 saturated carbocycles. The number of rotatable bonds is 1. The fourth-order valence-corrected chi connectivity index (χ4v) is 3.04. The average Bonchev–Trinajstić information content (AvgIpc) is 2.74. The molecule has 1 aliphatic rings. The first kappa shape index (κ1) is 12.3. The van der Waals surface area contributed by atoms with Crippen molar-refractivity contribution in [3.8, 4) is 0 Å². The van der Waals surface area contributed by atoms with E-state index in [9.17, 15) is 0 Å². The summed E-state index contributed by atoms with van der Waals surface area (Å²) in [5.74, 6) is 1.12. The lowest BCUT2D eigenvalue weighted by Crippen LogP contribution is -2.25. The predicted octanol–water partition coefficient (Wildman–Crippen LogP) is 4.12. The zero-order chi connectivity index (χ0) is 12.7. The molecule has 1 aromatic carbocycles. The van der Waals surface area contributed by atoms with Gasteiger partial charge >= 0.3 is 0 Å². The second kappa shape index (κ2) is 4.72. The molecule has 0 spiro atoms. The molecule has 0 saturated heterocycles. The number of hydrogen-bond donors (Lipinski definition) is 1. The van der Waals surface area contributed by atoms with Crippen LogP contribution in [0, 0.1) is 0 Å². The van der Waals surface area contributed by atoms with Gasteiger partial charge in [0.1, 0.15) is 5.52 Å². The Morgan fingerprint density at radius 1 is 1.17 bits per heavy atom. The van der Waals surface area contributed by atoms with Crippen LogP contribution >= 0.6 is 23.2 Å². The van der Waals surface area contributed by atoms with E-state index in [2.05, 4.69) is 4.98 Å². The van der Waals surface area contributed by atoms with Crippen molar-refractivity contribution >= 4 is 34.3 Å². The number of nitrogens with two attached hydrogens (primary N) is 1. The van der Waals surface area contributed by atoms with Crippen LogP contribution in [0.5, 0.6) is 0 Å². The normalized spacial score (nSPS) is 24.6. The summed E-state index contributed by atoms with van der Waals surface area (Å²) in [5, 5.41) is 1.10. The highest BCUT2D eigenvalue weighted by Gasteiger charge is 2.24. The van der Waals surface area contributed by atoms with Crippen molar-refractivity contribution in [2.75, 3.05) is 0 Å². The molecular formula is C13H14Cl2N2O. The van der Waals surface area contributed by atoms with Crippen LogP contribution in [0.3, 0.4) is 0 Å². The van der Waals surface area contributed by atoms with Crippen LogP contribution in [0.2, 0.25) is 10.0 Å². The predicted molar refractivity (Wildman–Crippen MR) is 73.2 cm³/mol. The lowest BCUT2D eigenvalue weighted by atomic mass is 9.86. The molecule has 0 radical (unpaired) electrons. The maximum Gasteiger partial charge on any atom is 0.198 e. The lowest BCUT2D eigenvalue weighted by Gasteiger charge is -2.23. The van der Waals surface area contributed by atoms with Gasteiger partial charge < -0.3 is 10.2 Å². The summed E-state index contributed by atoms with van der Waals surface area (Å²) in [4.78, 5) is 4.51. The van der Waals surface area contributed by atoms with Gasteiger partial charge in [0.05, 0.1) is 5.02 Å². The molecule has 2 aromatic rings. The fraction of sp³-hybridized carbons (Fsp3) is 0.462. The van der Waals surface area contributed by atoms with E-state index in [4.69, 9.17) is 33.4 Å². The Morgan fingerprint density at radius 3 is 2.61 bits per heavy atom. The van der Waals surface area contributed by atoms with E-state index in [0.29, 0.717) is 27.6 Å². The van der Waals surface area contributed by atoms with E-state index in [1.54, 1.807) is 12.1 Å². The van der Waals surface area contributed by atoms with Crippen LogP contribution in [0.1, 0.15) is 37.5 Å². The van der Waals surface area contributed by atoms with Crippen LogP contribution < -0.4 is 5.73 Å². The molecule has 5 heteroatoms. The third kappa shape index (κ3) is 2.22. The highest BCUT2D eigenvalue weighted by Crippen LogP contribution is 2.36. The Labute approximate surface area is 115 Å². The second-order valence-electron chi connectivity index (χ2n) is 4.90. The minimum absolute atomic E-state index is 0.323. The summed E-state index contributed by atoms with van der Waals surface area (Å²) in [6.45, 7) is 0. The highest BCUT2D eigenvalue weighted by atomic mass is 35.5. The van der Waals surface area contributed by atoms with Gasteiger partial charge in [0.2, 0.25) is 0 Å². The molecule has 0 aliphatic heterocycles. The summed E-state index contributed by atoms with van der Waals surface area (Å²) in [5.41, 5.74) is 7.27. The molecule has 3 nitrogen and oxygen atoms in total. The minimum Gasteiger partial charge on any atom is -0.439 e. The number of oxazole rings is 1. The first-order valence-electron chi connectivity index (χ1n) is 6.14. The summed E-state index contributed by atoms with van der Waals surface area (Å²) in [7, 11) is 0. The first-order valence-corrected chi connectivity index (χ1v) is 6.90. The Balaban J connectivity index is 1.96. The van der Waals surface area contributed by atoms with Crippen LogP contribution in [0.4, 0.5) is 0 Å². The molecule has 96 valence electrons. The van der Waals surface area contributed by atoms with Crippen molar-refractivity contribution in [1.29, 1.82) is 0 Å². The van der Waals surface area contributed by atoms with Crippen molar-refractivity contribution in [1.82, 2.24) is 4.98 Å². The summed E-state index contributed by atoms with van der Waals surface area (Å²) < 4.78 is 5.79. The van der Waals surface area contributed by atoms with Gasteiger partial charge in [-0.05, 0) is 37.8 Å². The number of benzene rings is 1. The minimum atomic E-state index is 0.323. The van der Waals surface area contributed by atoms with Crippen LogP contribution in [-0.2, 0) is 0 Å². The zero-order valence-electron chi connectivity index (χ0n) is 9.83. The summed E-state index contributed by atoms with van der Waals surface area (Å²) >= 11 is 12.1. The largest absolute Gasteiger partial charge is 0.439 e. The number of fused-ring (bicyclic) bond motifs is 1. The summed E-state index contributed by atoms with van der Waals surface area (Å²) in [6, 6.07) is 3.78. The van der Waals surface area contributed by atoms with Gasteiger partial charge in [-0.3, -0.25) is 0 Å². The maximum absolute atomic E-state index is 6.10. The van der Waals surface area contributed by atoms with Gasteiger partial charge in [0, 0.05) is 17.0 Å². The molecule has 1 aromatic heterocycles. The van der Waals surface area contributed by atoms with Crippen molar-refractivity contribution in [2.45, 2.75) is 37.6 Å². The molecular weight excluding hydrogens is 271 g/mol. The first-order chi connectivity index (χ1) is 8.63. The van der Waals surface area contributed by atoms with Crippen molar-refractivity contribution in [2.24, 2.45) is 5.73 Å². The Kier molecular flexibility index (Phi) is 3.22. The SMILES string of the molecule is NC1CCC(c2nc3cc(Cl)cc(Cl)c3o2)CC1.